The Hall–Kier alpha value is -3.21. The summed E-state index contributed by atoms with van der Waals surface area (Å²) < 4.78 is 2.02. The van der Waals surface area contributed by atoms with Crippen LogP contribution in [0.25, 0.3) is 16.6 Å². The molecule has 0 saturated carbocycles. The first-order valence-electron chi connectivity index (χ1n) is 7.83. The van der Waals surface area contributed by atoms with E-state index in [1.807, 2.05) is 47.6 Å². The van der Waals surface area contributed by atoms with Gasteiger partial charge in [-0.15, -0.1) is 0 Å². The Morgan fingerprint density at radius 3 is 2.92 bits per heavy atom. The molecule has 0 fully saturated rings. The van der Waals surface area contributed by atoms with E-state index in [-0.39, 0.29) is 0 Å². The van der Waals surface area contributed by atoms with Crippen molar-refractivity contribution in [3.63, 3.8) is 0 Å². The van der Waals surface area contributed by atoms with E-state index < -0.39 is 0 Å². The number of imidazole rings is 1. The van der Waals surface area contributed by atoms with E-state index in [2.05, 4.69) is 45.4 Å². The largest absolute Gasteiger partial charge is 0.350 e. The van der Waals surface area contributed by atoms with Gasteiger partial charge in [0.05, 0.1) is 11.8 Å². The summed E-state index contributed by atoms with van der Waals surface area (Å²) in [4.78, 5) is 13.0. The molecule has 0 saturated heterocycles. The number of nitrogens with one attached hydrogen (secondary N) is 1. The third-order valence-electron chi connectivity index (χ3n) is 4.00. The van der Waals surface area contributed by atoms with Crippen LogP contribution >= 0.6 is 0 Å². The Labute approximate surface area is 140 Å². The van der Waals surface area contributed by atoms with Gasteiger partial charge in [-0.3, -0.25) is 0 Å². The molecule has 4 aromatic rings. The molecule has 0 amide bonds. The SMILES string of the molecule is Cc1ccc(CNc2ncc3ccccc3n2)cc1-n1ccnc1. The summed E-state index contributed by atoms with van der Waals surface area (Å²) in [6.07, 6.45) is 7.39. The lowest BCUT2D eigenvalue weighted by Gasteiger charge is -2.11. The molecular formula is C19H17N5. The van der Waals surface area contributed by atoms with Crippen LogP contribution in [-0.4, -0.2) is 19.5 Å². The Bertz CT molecular complexity index is 976. The van der Waals surface area contributed by atoms with Gasteiger partial charge < -0.3 is 9.88 Å². The summed E-state index contributed by atoms with van der Waals surface area (Å²) in [5.41, 5.74) is 4.45. The zero-order chi connectivity index (χ0) is 16.4. The number of anilines is 1. The minimum absolute atomic E-state index is 0.637. The van der Waals surface area contributed by atoms with Crippen LogP contribution < -0.4 is 5.32 Å². The number of nitrogens with zero attached hydrogens (tertiary/aromatic N) is 4. The van der Waals surface area contributed by atoms with E-state index in [0.717, 1.165) is 16.6 Å². The van der Waals surface area contributed by atoms with E-state index in [4.69, 9.17) is 0 Å². The smallest absolute Gasteiger partial charge is 0.223 e. The average molecular weight is 315 g/mol. The summed E-state index contributed by atoms with van der Waals surface area (Å²) >= 11 is 0. The van der Waals surface area contributed by atoms with Crippen LogP contribution in [0.3, 0.4) is 0 Å². The van der Waals surface area contributed by atoms with Gasteiger partial charge in [-0.25, -0.2) is 15.0 Å². The summed E-state index contributed by atoms with van der Waals surface area (Å²) in [6, 6.07) is 14.4. The van der Waals surface area contributed by atoms with Crippen molar-refractivity contribution >= 4 is 16.9 Å². The molecule has 1 N–H and O–H groups in total. The van der Waals surface area contributed by atoms with Gasteiger partial charge in [0, 0.05) is 36.2 Å². The molecule has 0 aliphatic rings. The second-order valence-corrected chi connectivity index (χ2v) is 5.70. The number of para-hydroxylation sites is 1. The maximum Gasteiger partial charge on any atom is 0.223 e. The lowest BCUT2D eigenvalue weighted by molar-refractivity contribution is 1.02. The predicted octanol–water partition coefficient (Wildman–Crippen LogP) is 3.74. The van der Waals surface area contributed by atoms with Crippen LogP contribution in [-0.2, 0) is 6.54 Å². The summed E-state index contributed by atoms with van der Waals surface area (Å²) in [6.45, 7) is 2.76. The van der Waals surface area contributed by atoms with Crippen molar-refractivity contribution in [3.8, 4) is 5.69 Å². The number of benzene rings is 2. The maximum atomic E-state index is 4.54. The molecule has 5 heteroatoms. The standard InChI is InChI=1S/C19H17N5/c1-14-6-7-15(10-18(14)24-9-8-20-13-24)11-21-19-22-12-16-4-2-3-5-17(16)23-19/h2-10,12-13H,11H2,1H3,(H,21,22,23). The molecule has 0 unspecified atom stereocenters. The van der Waals surface area contributed by atoms with Crippen LogP contribution in [0, 0.1) is 6.92 Å². The normalized spacial score (nSPS) is 10.9. The minimum Gasteiger partial charge on any atom is -0.350 e. The van der Waals surface area contributed by atoms with Crippen molar-refractivity contribution in [2.45, 2.75) is 13.5 Å². The first kappa shape index (κ1) is 14.4. The molecule has 0 spiro atoms. The van der Waals surface area contributed by atoms with Gasteiger partial charge in [0.1, 0.15) is 0 Å². The molecule has 2 heterocycles. The molecule has 2 aromatic carbocycles. The van der Waals surface area contributed by atoms with E-state index in [0.29, 0.717) is 12.5 Å². The van der Waals surface area contributed by atoms with Crippen molar-refractivity contribution in [2.75, 3.05) is 5.32 Å². The van der Waals surface area contributed by atoms with E-state index in [9.17, 15) is 0 Å². The highest BCUT2D eigenvalue weighted by atomic mass is 15.1. The Morgan fingerprint density at radius 2 is 2.04 bits per heavy atom. The van der Waals surface area contributed by atoms with Crippen molar-refractivity contribution in [1.29, 1.82) is 0 Å². The zero-order valence-electron chi connectivity index (χ0n) is 13.3. The van der Waals surface area contributed by atoms with Crippen LogP contribution in [0.1, 0.15) is 11.1 Å². The van der Waals surface area contributed by atoms with E-state index in [1.54, 1.807) is 6.20 Å². The average Bonchev–Trinajstić information content (AvgIpc) is 3.15. The third kappa shape index (κ3) is 2.84. The van der Waals surface area contributed by atoms with Gasteiger partial charge in [0.15, 0.2) is 0 Å². The maximum absolute atomic E-state index is 4.54. The van der Waals surface area contributed by atoms with Gasteiger partial charge >= 0.3 is 0 Å². The lowest BCUT2D eigenvalue weighted by atomic mass is 10.1. The van der Waals surface area contributed by atoms with Crippen molar-refractivity contribution in [2.24, 2.45) is 0 Å². The van der Waals surface area contributed by atoms with Crippen molar-refractivity contribution in [1.82, 2.24) is 19.5 Å². The monoisotopic (exact) mass is 315 g/mol. The fraction of sp³-hybridized carbons (Fsp3) is 0.105. The third-order valence-corrected chi connectivity index (χ3v) is 4.00. The van der Waals surface area contributed by atoms with Crippen LogP contribution in [0.2, 0.25) is 0 Å². The molecule has 0 radical (unpaired) electrons. The Kier molecular flexibility index (Phi) is 3.67. The van der Waals surface area contributed by atoms with Crippen molar-refractivity contribution in [3.05, 3.63) is 78.5 Å². The number of aryl methyl sites for hydroxylation is 1. The number of hydrogen-bond donors (Lipinski definition) is 1. The first-order chi connectivity index (χ1) is 11.8. The van der Waals surface area contributed by atoms with Gasteiger partial charge in [0.2, 0.25) is 5.95 Å². The number of fused-ring (bicyclic) bond motifs is 1. The van der Waals surface area contributed by atoms with Gasteiger partial charge in [-0.2, -0.15) is 0 Å². The highest BCUT2D eigenvalue weighted by molar-refractivity contribution is 5.78. The lowest BCUT2D eigenvalue weighted by Crippen LogP contribution is -2.05. The second kappa shape index (κ2) is 6.12. The second-order valence-electron chi connectivity index (χ2n) is 5.70. The van der Waals surface area contributed by atoms with Crippen LogP contribution in [0.5, 0.6) is 0 Å². The topological polar surface area (TPSA) is 55.6 Å². The van der Waals surface area contributed by atoms with Crippen LogP contribution in [0.4, 0.5) is 5.95 Å². The molecule has 2 aromatic heterocycles. The molecule has 4 rings (SSSR count). The molecule has 118 valence electrons. The summed E-state index contributed by atoms with van der Waals surface area (Å²) in [5.74, 6) is 0.637. The van der Waals surface area contributed by atoms with Crippen molar-refractivity contribution < 1.29 is 0 Å². The molecule has 0 bridgehead atoms. The summed E-state index contributed by atoms with van der Waals surface area (Å²) in [5, 5.41) is 4.34. The fourth-order valence-electron chi connectivity index (χ4n) is 2.68. The van der Waals surface area contributed by atoms with Gasteiger partial charge in [0.25, 0.3) is 0 Å². The molecular weight excluding hydrogens is 298 g/mol. The minimum atomic E-state index is 0.637. The molecule has 24 heavy (non-hydrogen) atoms. The van der Waals surface area contributed by atoms with Gasteiger partial charge in [-0.1, -0.05) is 30.3 Å². The highest BCUT2D eigenvalue weighted by Gasteiger charge is 2.04. The Morgan fingerprint density at radius 1 is 1.12 bits per heavy atom. The number of rotatable bonds is 4. The quantitative estimate of drug-likeness (QED) is 0.623. The number of hydrogen-bond acceptors (Lipinski definition) is 4. The van der Waals surface area contributed by atoms with Gasteiger partial charge in [-0.05, 0) is 30.2 Å². The van der Waals surface area contributed by atoms with E-state index >= 15 is 0 Å². The molecule has 0 aliphatic carbocycles. The zero-order valence-corrected chi connectivity index (χ0v) is 13.3. The first-order valence-corrected chi connectivity index (χ1v) is 7.83. The highest BCUT2D eigenvalue weighted by Crippen LogP contribution is 2.17. The molecule has 5 nitrogen and oxygen atoms in total. The Balaban J connectivity index is 1.56. The summed E-state index contributed by atoms with van der Waals surface area (Å²) in [7, 11) is 0. The van der Waals surface area contributed by atoms with Crippen LogP contribution in [0.15, 0.2) is 67.4 Å². The molecule has 0 aliphatic heterocycles. The fourth-order valence-corrected chi connectivity index (χ4v) is 2.68. The number of aromatic nitrogens is 4. The van der Waals surface area contributed by atoms with E-state index in [1.165, 1.54) is 11.1 Å². The predicted molar refractivity (Wildman–Crippen MR) is 95.2 cm³/mol. The molecule has 0 atom stereocenters.